The van der Waals surface area contributed by atoms with E-state index in [1.54, 1.807) is 0 Å². The van der Waals surface area contributed by atoms with Crippen LogP contribution >= 0.6 is 0 Å². The number of amides is 2. The first-order chi connectivity index (χ1) is 9.66. The molecule has 1 saturated carbocycles. The van der Waals surface area contributed by atoms with Crippen molar-refractivity contribution in [2.75, 3.05) is 32.7 Å². The maximum Gasteiger partial charge on any atom is 0.317 e. The lowest BCUT2D eigenvalue weighted by Gasteiger charge is -2.40. The number of carbonyl (C=O) groups excluding carboxylic acids is 1. The first kappa shape index (κ1) is 15.6. The van der Waals surface area contributed by atoms with Gasteiger partial charge in [-0.1, -0.05) is 33.1 Å². The number of hydrogen-bond donors (Lipinski definition) is 1. The van der Waals surface area contributed by atoms with E-state index in [-0.39, 0.29) is 6.03 Å². The van der Waals surface area contributed by atoms with Gasteiger partial charge in [-0.25, -0.2) is 4.79 Å². The molecule has 4 heteroatoms. The van der Waals surface area contributed by atoms with Crippen molar-refractivity contribution in [3.8, 4) is 0 Å². The summed E-state index contributed by atoms with van der Waals surface area (Å²) in [6.07, 6.45) is 7.98. The molecule has 2 amide bonds. The van der Waals surface area contributed by atoms with Crippen LogP contribution in [0.1, 0.15) is 52.4 Å². The standard InChI is InChI=1S/C16H31N3O/c1-14(2)8-9-17-16(20)19-12-10-18(11-13-19)15-6-4-3-5-7-15/h14-15H,3-13H2,1-2H3,(H,17,20). The summed E-state index contributed by atoms with van der Waals surface area (Å²) in [5.74, 6) is 0.651. The summed E-state index contributed by atoms with van der Waals surface area (Å²) in [7, 11) is 0. The molecule has 1 aliphatic carbocycles. The van der Waals surface area contributed by atoms with Crippen LogP contribution in [-0.2, 0) is 0 Å². The zero-order valence-corrected chi connectivity index (χ0v) is 13.2. The van der Waals surface area contributed by atoms with Crippen molar-refractivity contribution in [2.45, 2.75) is 58.4 Å². The summed E-state index contributed by atoms with van der Waals surface area (Å²) in [6, 6.07) is 0.920. The minimum absolute atomic E-state index is 0.133. The Kier molecular flexibility index (Phi) is 6.14. The van der Waals surface area contributed by atoms with Gasteiger partial charge in [0.05, 0.1) is 0 Å². The molecule has 1 N–H and O–H groups in total. The minimum atomic E-state index is 0.133. The fraction of sp³-hybridized carbons (Fsp3) is 0.938. The smallest absolute Gasteiger partial charge is 0.317 e. The minimum Gasteiger partial charge on any atom is -0.338 e. The topological polar surface area (TPSA) is 35.6 Å². The third-order valence-corrected chi connectivity index (χ3v) is 4.69. The molecule has 0 aromatic carbocycles. The predicted molar refractivity (Wildman–Crippen MR) is 82.9 cm³/mol. The largest absolute Gasteiger partial charge is 0.338 e. The Bertz CT molecular complexity index is 292. The number of hydrogen-bond acceptors (Lipinski definition) is 2. The molecule has 0 radical (unpaired) electrons. The molecule has 116 valence electrons. The highest BCUT2D eigenvalue weighted by Crippen LogP contribution is 2.23. The maximum absolute atomic E-state index is 12.1. The first-order valence-electron chi connectivity index (χ1n) is 8.43. The zero-order chi connectivity index (χ0) is 14.4. The Hall–Kier alpha value is -0.770. The van der Waals surface area contributed by atoms with Gasteiger partial charge in [0.25, 0.3) is 0 Å². The van der Waals surface area contributed by atoms with Crippen LogP contribution in [-0.4, -0.2) is 54.6 Å². The maximum atomic E-state index is 12.1. The molecule has 1 heterocycles. The molecule has 2 aliphatic rings. The van der Waals surface area contributed by atoms with E-state index < -0.39 is 0 Å². The van der Waals surface area contributed by atoms with Gasteiger partial charge in [-0.05, 0) is 25.2 Å². The van der Waals surface area contributed by atoms with Crippen molar-refractivity contribution in [3.63, 3.8) is 0 Å². The lowest BCUT2D eigenvalue weighted by molar-refractivity contribution is 0.0905. The van der Waals surface area contributed by atoms with Gasteiger partial charge in [0.2, 0.25) is 0 Å². The van der Waals surface area contributed by atoms with Gasteiger partial charge >= 0.3 is 6.03 Å². The van der Waals surface area contributed by atoms with E-state index in [1.807, 2.05) is 4.90 Å². The molecule has 20 heavy (non-hydrogen) atoms. The Morgan fingerprint density at radius 2 is 1.75 bits per heavy atom. The van der Waals surface area contributed by atoms with E-state index in [0.717, 1.165) is 45.2 Å². The van der Waals surface area contributed by atoms with Crippen LogP contribution in [0.15, 0.2) is 0 Å². The van der Waals surface area contributed by atoms with E-state index in [2.05, 4.69) is 24.1 Å². The van der Waals surface area contributed by atoms with Crippen molar-refractivity contribution in [2.24, 2.45) is 5.92 Å². The van der Waals surface area contributed by atoms with Crippen LogP contribution in [0.2, 0.25) is 0 Å². The number of piperazine rings is 1. The lowest BCUT2D eigenvalue weighted by Crippen LogP contribution is -2.54. The third kappa shape index (κ3) is 4.65. The fourth-order valence-electron chi connectivity index (χ4n) is 3.32. The van der Waals surface area contributed by atoms with Crippen molar-refractivity contribution in [3.05, 3.63) is 0 Å². The number of carbonyl (C=O) groups is 1. The van der Waals surface area contributed by atoms with Crippen molar-refractivity contribution < 1.29 is 4.79 Å². The summed E-state index contributed by atoms with van der Waals surface area (Å²) < 4.78 is 0. The molecule has 0 bridgehead atoms. The summed E-state index contributed by atoms with van der Waals surface area (Å²) >= 11 is 0. The molecule has 2 fully saturated rings. The van der Waals surface area contributed by atoms with Crippen molar-refractivity contribution in [1.29, 1.82) is 0 Å². The van der Waals surface area contributed by atoms with E-state index in [9.17, 15) is 4.79 Å². The molecule has 1 saturated heterocycles. The lowest BCUT2D eigenvalue weighted by atomic mass is 9.94. The average Bonchev–Trinajstić information content (AvgIpc) is 2.48. The molecule has 0 atom stereocenters. The summed E-state index contributed by atoms with van der Waals surface area (Å²) in [5, 5.41) is 3.05. The molecule has 0 aromatic heterocycles. The number of rotatable bonds is 4. The second-order valence-corrected chi connectivity index (χ2v) is 6.73. The van der Waals surface area contributed by atoms with E-state index >= 15 is 0 Å². The SMILES string of the molecule is CC(C)CCNC(=O)N1CCN(C2CCCCC2)CC1. The molecular weight excluding hydrogens is 250 g/mol. The number of nitrogens with zero attached hydrogens (tertiary/aromatic N) is 2. The van der Waals surface area contributed by atoms with Gasteiger partial charge in [-0.2, -0.15) is 0 Å². The Morgan fingerprint density at radius 1 is 1.10 bits per heavy atom. The van der Waals surface area contributed by atoms with Gasteiger partial charge in [0.15, 0.2) is 0 Å². The highest BCUT2D eigenvalue weighted by Gasteiger charge is 2.26. The second kappa shape index (κ2) is 7.87. The molecule has 2 rings (SSSR count). The normalized spacial score (nSPS) is 22.2. The molecular formula is C16H31N3O. The molecule has 0 unspecified atom stereocenters. The quantitative estimate of drug-likeness (QED) is 0.860. The van der Waals surface area contributed by atoms with Gasteiger partial charge in [-0.15, -0.1) is 0 Å². The second-order valence-electron chi connectivity index (χ2n) is 6.73. The van der Waals surface area contributed by atoms with Gasteiger partial charge in [0.1, 0.15) is 0 Å². The van der Waals surface area contributed by atoms with Gasteiger partial charge in [0, 0.05) is 38.8 Å². The monoisotopic (exact) mass is 281 g/mol. The Morgan fingerprint density at radius 3 is 2.35 bits per heavy atom. The Balaban J connectivity index is 1.66. The van der Waals surface area contributed by atoms with Crippen LogP contribution < -0.4 is 5.32 Å². The van der Waals surface area contributed by atoms with Crippen LogP contribution in [0.3, 0.4) is 0 Å². The van der Waals surface area contributed by atoms with Crippen LogP contribution in [0, 0.1) is 5.92 Å². The molecule has 0 aromatic rings. The fourth-order valence-corrected chi connectivity index (χ4v) is 3.32. The first-order valence-corrected chi connectivity index (χ1v) is 8.43. The summed E-state index contributed by atoms with van der Waals surface area (Å²) in [4.78, 5) is 16.7. The Labute approximate surface area is 123 Å². The van der Waals surface area contributed by atoms with Gasteiger partial charge < -0.3 is 10.2 Å². The third-order valence-electron chi connectivity index (χ3n) is 4.69. The van der Waals surface area contributed by atoms with E-state index in [1.165, 1.54) is 32.1 Å². The van der Waals surface area contributed by atoms with Crippen molar-refractivity contribution >= 4 is 6.03 Å². The van der Waals surface area contributed by atoms with Gasteiger partial charge in [-0.3, -0.25) is 4.90 Å². The number of urea groups is 1. The summed E-state index contributed by atoms with van der Waals surface area (Å²) in [6.45, 7) is 9.09. The average molecular weight is 281 g/mol. The molecule has 4 nitrogen and oxygen atoms in total. The molecule has 1 aliphatic heterocycles. The van der Waals surface area contributed by atoms with E-state index in [0.29, 0.717) is 5.92 Å². The predicted octanol–water partition coefficient (Wildman–Crippen LogP) is 2.69. The highest BCUT2D eigenvalue weighted by atomic mass is 16.2. The van der Waals surface area contributed by atoms with Crippen LogP contribution in [0.4, 0.5) is 4.79 Å². The van der Waals surface area contributed by atoms with Crippen molar-refractivity contribution in [1.82, 2.24) is 15.1 Å². The highest BCUT2D eigenvalue weighted by molar-refractivity contribution is 5.74. The van der Waals surface area contributed by atoms with Crippen LogP contribution in [0.5, 0.6) is 0 Å². The zero-order valence-electron chi connectivity index (χ0n) is 13.2. The number of nitrogens with one attached hydrogen (secondary N) is 1. The summed E-state index contributed by atoms with van der Waals surface area (Å²) in [5.41, 5.74) is 0. The van der Waals surface area contributed by atoms with E-state index in [4.69, 9.17) is 0 Å². The van der Waals surface area contributed by atoms with Crippen LogP contribution in [0.25, 0.3) is 0 Å². The molecule has 0 spiro atoms.